The van der Waals surface area contributed by atoms with E-state index in [-0.39, 0.29) is 11.7 Å². The molecule has 0 aliphatic carbocycles. The topological polar surface area (TPSA) is 53.8 Å². The molecular formula is C27H30N2O3. The number of hydrogen-bond acceptors (Lipinski definition) is 4. The molecule has 0 spiro atoms. The molecule has 3 saturated heterocycles. The first-order valence-corrected chi connectivity index (χ1v) is 11.7. The fourth-order valence-electron chi connectivity index (χ4n) is 5.27. The molecule has 1 atom stereocenters. The number of nitrogens with zero attached hydrogens (tertiary/aromatic N) is 2. The molecule has 5 nitrogen and oxygen atoms in total. The lowest BCUT2D eigenvalue weighted by atomic mass is 9.76. The second-order valence-electron chi connectivity index (χ2n) is 9.26. The van der Waals surface area contributed by atoms with Gasteiger partial charge in [0.2, 0.25) is 0 Å². The Labute approximate surface area is 189 Å². The summed E-state index contributed by atoms with van der Waals surface area (Å²) in [7, 11) is 1.80. The van der Waals surface area contributed by atoms with E-state index < -0.39 is 0 Å². The number of fused-ring (bicyclic) bond motifs is 4. The zero-order valence-corrected chi connectivity index (χ0v) is 18.8. The average Bonchev–Trinajstić information content (AvgIpc) is 3.29. The van der Waals surface area contributed by atoms with Gasteiger partial charge in [0.1, 0.15) is 5.58 Å². The van der Waals surface area contributed by atoms with Gasteiger partial charge in [-0.05, 0) is 68.5 Å². The summed E-state index contributed by atoms with van der Waals surface area (Å²) >= 11 is 0. The molecule has 2 bridgehead atoms. The molecule has 0 radical (unpaired) electrons. The predicted octanol–water partition coefficient (Wildman–Crippen LogP) is 5.11. The zero-order valence-electron chi connectivity index (χ0n) is 18.8. The molecule has 0 N–H and O–H groups in total. The molecule has 2 aromatic carbocycles. The Bertz CT molecular complexity index is 1160. The molecule has 3 aliphatic rings. The van der Waals surface area contributed by atoms with Crippen molar-refractivity contribution in [3.8, 4) is 11.1 Å². The first-order chi connectivity index (χ1) is 15.5. The Kier molecular flexibility index (Phi) is 5.60. The van der Waals surface area contributed by atoms with E-state index >= 15 is 0 Å². The van der Waals surface area contributed by atoms with Crippen LogP contribution in [0.15, 0.2) is 52.9 Å². The van der Waals surface area contributed by atoms with E-state index in [0.717, 1.165) is 23.1 Å². The number of furan rings is 1. The lowest BCUT2D eigenvalue weighted by Gasteiger charge is -2.44. The Hall–Kier alpha value is -2.92. The third kappa shape index (κ3) is 3.86. The summed E-state index contributed by atoms with van der Waals surface area (Å²) in [5, 5.41) is 0.919. The van der Waals surface area contributed by atoms with E-state index in [0.29, 0.717) is 41.7 Å². The smallest absolute Gasteiger partial charge is 0.253 e. The molecule has 1 aromatic heterocycles. The number of rotatable bonds is 6. The van der Waals surface area contributed by atoms with Crippen molar-refractivity contribution < 1.29 is 14.0 Å². The van der Waals surface area contributed by atoms with Crippen LogP contribution in [-0.2, 0) is 0 Å². The molecule has 3 aromatic rings. The van der Waals surface area contributed by atoms with Crippen molar-refractivity contribution in [3.63, 3.8) is 0 Å². The first-order valence-electron chi connectivity index (χ1n) is 11.7. The molecule has 166 valence electrons. The number of para-hydroxylation sites is 1. The average molecular weight is 431 g/mol. The summed E-state index contributed by atoms with van der Waals surface area (Å²) in [4.78, 5) is 29.9. The summed E-state index contributed by atoms with van der Waals surface area (Å²) in [6, 6.07) is 15.4. The quantitative estimate of drug-likeness (QED) is 0.510. The number of amides is 1. The fourth-order valence-corrected chi connectivity index (χ4v) is 5.27. The van der Waals surface area contributed by atoms with Crippen molar-refractivity contribution in [1.29, 1.82) is 0 Å². The third-order valence-electron chi connectivity index (χ3n) is 7.30. The predicted molar refractivity (Wildman–Crippen MR) is 126 cm³/mol. The Morgan fingerprint density at radius 3 is 2.59 bits per heavy atom. The van der Waals surface area contributed by atoms with Crippen LogP contribution in [0.25, 0.3) is 22.1 Å². The van der Waals surface area contributed by atoms with Crippen LogP contribution < -0.4 is 0 Å². The maximum Gasteiger partial charge on any atom is 0.253 e. The van der Waals surface area contributed by atoms with E-state index in [1.54, 1.807) is 11.9 Å². The highest BCUT2D eigenvalue weighted by Gasteiger charge is 2.35. The number of Topliss-reactive ketones (excluding diaryl/α,β-unsaturated/α-hetero) is 1. The van der Waals surface area contributed by atoms with Gasteiger partial charge in [0.25, 0.3) is 5.91 Å². The van der Waals surface area contributed by atoms with Crippen molar-refractivity contribution in [1.82, 2.24) is 9.80 Å². The molecule has 0 unspecified atom stereocenters. The van der Waals surface area contributed by atoms with Gasteiger partial charge < -0.3 is 14.2 Å². The monoisotopic (exact) mass is 430 g/mol. The minimum atomic E-state index is -0.00523. The van der Waals surface area contributed by atoms with Crippen LogP contribution in [-0.4, -0.2) is 54.7 Å². The number of piperidine rings is 3. The molecule has 3 aliphatic heterocycles. The molecule has 32 heavy (non-hydrogen) atoms. The van der Waals surface area contributed by atoms with Gasteiger partial charge in [0.15, 0.2) is 11.5 Å². The first kappa shape index (κ1) is 21.0. The second kappa shape index (κ2) is 8.55. The highest BCUT2D eigenvalue weighted by atomic mass is 16.3. The van der Waals surface area contributed by atoms with Gasteiger partial charge in [-0.25, -0.2) is 0 Å². The Morgan fingerprint density at radius 1 is 1.09 bits per heavy atom. The van der Waals surface area contributed by atoms with Gasteiger partial charge in [-0.15, -0.1) is 0 Å². The van der Waals surface area contributed by atoms with Crippen molar-refractivity contribution >= 4 is 22.7 Å². The molecule has 3 fully saturated rings. The fraction of sp³-hybridized carbons (Fsp3) is 0.407. The van der Waals surface area contributed by atoms with Crippen LogP contribution in [0, 0.1) is 11.8 Å². The van der Waals surface area contributed by atoms with Crippen LogP contribution in [0.2, 0.25) is 0 Å². The largest absolute Gasteiger partial charge is 0.452 e. The van der Waals surface area contributed by atoms with Gasteiger partial charge in [-0.3, -0.25) is 9.59 Å². The summed E-state index contributed by atoms with van der Waals surface area (Å²) in [6.45, 7) is 6.01. The minimum Gasteiger partial charge on any atom is -0.452 e. The number of ketones is 1. The molecule has 5 heteroatoms. The van der Waals surface area contributed by atoms with E-state index in [2.05, 4.69) is 4.90 Å². The van der Waals surface area contributed by atoms with E-state index in [1.165, 1.54) is 25.9 Å². The summed E-state index contributed by atoms with van der Waals surface area (Å²) in [5.74, 6) is 1.65. The van der Waals surface area contributed by atoms with E-state index in [1.807, 2.05) is 55.5 Å². The standard InChI is InChI=1S/C27H30N2O3/c1-3-28(2)27(31)21-8-4-6-19(14-21)23-9-5-7-20-16-25(32-26(20)23)24(30)15-22-17-29-12-10-18(22)11-13-29/h4-9,14,16,18,22H,3,10-13,15,17H2,1-2H3/t22-/m1/s1. The lowest BCUT2D eigenvalue weighted by Crippen LogP contribution is -2.47. The van der Waals surface area contributed by atoms with Gasteiger partial charge >= 0.3 is 0 Å². The molecule has 1 amide bonds. The van der Waals surface area contributed by atoms with Crippen molar-refractivity contribution in [2.24, 2.45) is 11.8 Å². The van der Waals surface area contributed by atoms with Crippen molar-refractivity contribution in [2.75, 3.05) is 33.2 Å². The Morgan fingerprint density at radius 2 is 1.88 bits per heavy atom. The Balaban J connectivity index is 1.43. The van der Waals surface area contributed by atoms with Gasteiger partial charge in [-0.1, -0.05) is 30.3 Å². The number of benzene rings is 2. The minimum absolute atomic E-state index is 0.00523. The lowest BCUT2D eigenvalue weighted by molar-refractivity contribution is 0.0433. The molecule has 0 saturated carbocycles. The molecule has 4 heterocycles. The van der Waals surface area contributed by atoms with E-state index in [4.69, 9.17) is 4.42 Å². The summed E-state index contributed by atoms with van der Waals surface area (Å²) < 4.78 is 6.15. The van der Waals surface area contributed by atoms with Gasteiger partial charge in [0.05, 0.1) is 0 Å². The number of carbonyl (C=O) groups excluding carboxylic acids is 2. The highest BCUT2D eigenvalue weighted by molar-refractivity contribution is 6.02. The normalized spacial score (nSPS) is 22.2. The molecular weight excluding hydrogens is 400 g/mol. The van der Waals surface area contributed by atoms with Crippen LogP contribution in [0.4, 0.5) is 0 Å². The highest BCUT2D eigenvalue weighted by Crippen LogP contribution is 2.36. The van der Waals surface area contributed by atoms with Crippen LogP contribution in [0.1, 0.15) is 47.1 Å². The van der Waals surface area contributed by atoms with Gasteiger partial charge in [-0.2, -0.15) is 0 Å². The van der Waals surface area contributed by atoms with Crippen molar-refractivity contribution in [3.05, 3.63) is 59.9 Å². The number of carbonyl (C=O) groups is 2. The number of hydrogen-bond donors (Lipinski definition) is 0. The maximum absolute atomic E-state index is 13.1. The zero-order chi connectivity index (χ0) is 22.2. The van der Waals surface area contributed by atoms with E-state index in [9.17, 15) is 9.59 Å². The van der Waals surface area contributed by atoms with Gasteiger partial charge in [0, 0.05) is 43.1 Å². The molecule has 6 rings (SSSR count). The van der Waals surface area contributed by atoms with Crippen LogP contribution in [0.3, 0.4) is 0 Å². The third-order valence-corrected chi connectivity index (χ3v) is 7.30. The maximum atomic E-state index is 13.1. The van der Waals surface area contributed by atoms with Crippen LogP contribution in [0.5, 0.6) is 0 Å². The van der Waals surface area contributed by atoms with Crippen LogP contribution >= 0.6 is 0 Å². The second-order valence-corrected chi connectivity index (χ2v) is 9.26. The summed E-state index contributed by atoms with van der Waals surface area (Å²) in [5.41, 5.74) is 3.17. The summed E-state index contributed by atoms with van der Waals surface area (Å²) in [6.07, 6.45) is 2.98. The SMILES string of the molecule is CCN(C)C(=O)c1cccc(-c2cccc3cc(C(=O)C[C@@H]4CN5CCC4CC5)oc23)c1. The van der Waals surface area contributed by atoms with Crippen molar-refractivity contribution in [2.45, 2.75) is 26.2 Å².